The Morgan fingerprint density at radius 1 is 1.23 bits per heavy atom. The summed E-state index contributed by atoms with van der Waals surface area (Å²) in [6.45, 7) is 9.98. The van der Waals surface area contributed by atoms with E-state index in [1.807, 2.05) is 32.5 Å². The maximum Gasteiger partial charge on any atom is 0.416 e. The van der Waals surface area contributed by atoms with Crippen molar-refractivity contribution in [2.45, 2.75) is 52.6 Å². The quantitative estimate of drug-likeness (QED) is 0.277. The highest BCUT2D eigenvalue weighted by atomic mass is 127. The SMILES string of the molecule is CCNC(=NCCC(C)c1cccc(C(F)(F)F)c1)NCCc1c(C)nn(C)c1C.I. The van der Waals surface area contributed by atoms with Gasteiger partial charge in [0.1, 0.15) is 0 Å². The van der Waals surface area contributed by atoms with Gasteiger partial charge in [0, 0.05) is 32.4 Å². The molecule has 0 saturated heterocycles. The minimum absolute atomic E-state index is 0. The number of aliphatic imine (C=N–C) groups is 1. The first-order valence-corrected chi connectivity index (χ1v) is 10.3. The van der Waals surface area contributed by atoms with Gasteiger partial charge in [-0.3, -0.25) is 9.67 Å². The van der Waals surface area contributed by atoms with Crippen molar-refractivity contribution in [2.75, 3.05) is 19.6 Å². The van der Waals surface area contributed by atoms with E-state index in [4.69, 9.17) is 0 Å². The van der Waals surface area contributed by atoms with Crippen LogP contribution < -0.4 is 10.6 Å². The molecule has 1 unspecified atom stereocenters. The number of halogens is 4. The Bertz CT molecular complexity index is 861. The van der Waals surface area contributed by atoms with Crippen molar-refractivity contribution in [2.24, 2.45) is 12.0 Å². The molecule has 31 heavy (non-hydrogen) atoms. The lowest BCUT2D eigenvalue weighted by molar-refractivity contribution is -0.137. The fourth-order valence-corrected chi connectivity index (χ4v) is 3.39. The van der Waals surface area contributed by atoms with E-state index in [1.165, 1.54) is 17.7 Å². The molecule has 1 heterocycles. The van der Waals surface area contributed by atoms with Crippen molar-refractivity contribution in [3.8, 4) is 0 Å². The number of hydrogen-bond donors (Lipinski definition) is 2. The maximum atomic E-state index is 12.9. The van der Waals surface area contributed by atoms with E-state index in [1.54, 1.807) is 6.07 Å². The van der Waals surface area contributed by atoms with E-state index in [-0.39, 0.29) is 29.9 Å². The monoisotopic (exact) mass is 551 g/mol. The Balaban J connectivity index is 0.00000480. The molecule has 0 bridgehead atoms. The third-order valence-corrected chi connectivity index (χ3v) is 5.29. The standard InChI is InChI=1S/C22H32F3N5.HI/c1-6-26-21(28-13-11-20-16(3)29-30(5)17(20)4)27-12-10-15(2)18-8-7-9-19(14-18)22(23,24)25;/h7-9,14-15H,6,10-13H2,1-5H3,(H2,26,27,28);1H. The van der Waals surface area contributed by atoms with E-state index in [0.717, 1.165) is 37.0 Å². The molecule has 0 aliphatic carbocycles. The zero-order chi connectivity index (χ0) is 22.3. The first kappa shape index (κ1) is 27.3. The average molecular weight is 551 g/mol. The number of nitrogens with zero attached hydrogens (tertiary/aromatic N) is 3. The first-order valence-electron chi connectivity index (χ1n) is 10.3. The molecule has 1 aromatic heterocycles. The molecule has 0 aliphatic rings. The number of alkyl halides is 3. The molecular weight excluding hydrogens is 518 g/mol. The summed E-state index contributed by atoms with van der Waals surface area (Å²) in [5, 5.41) is 11.0. The number of nitrogens with one attached hydrogen (secondary N) is 2. The van der Waals surface area contributed by atoms with Gasteiger partial charge < -0.3 is 10.6 Å². The summed E-state index contributed by atoms with van der Waals surface area (Å²) in [7, 11) is 1.94. The summed E-state index contributed by atoms with van der Waals surface area (Å²) in [4.78, 5) is 4.58. The Hall–Kier alpha value is -1.78. The van der Waals surface area contributed by atoms with Gasteiger partial charge in [-0.15, -0.1) is 24.0 Å². The van der Waals surface area contributed by atoms with Crippen LogP contribution in [-0.2, 0) is 19.6 Å². The van der Waals surface area contributed by atoms with Crippen molar-refractivity contribution >= 4 is 29.9 Å². The third kappa shape index (κ3) is 8.01. The molecule has 1 aromatic carbocycles. The van der Waals surface area contributed by atoms with Gasteiger partial charge in [-0.05, 0) is 56.7 Å². The minimum atomic E-state index is -4.32. The zero-order valence-electron chi connectivity index (χ0n) is 18.8. The van der Waals surface area contributed by atoms with Crippen LogP contribution in [0.1, 0.15) is 54.3 Å². The van der Waals surface area contributed by atoms with E-state index < -0.39 is 11.7 Å². The number of guanidine groups is 1. The van der Waals surface area contributed by atoms with E-state index in [0.29, 0.717) is 24.5 Å². The second-order valence-electron chi connectivity index (χ2n) is 7.52. The van der Waals surface area contributed by atoms with Crippen LogP contribution in [0, 0.1) is 13.8 Å². The molecule has 0 radical (unpaired) electrons. The summed E-state index contributed by atoms with van der Waals surface area (Å²) in [6, 6.07) is 5.54. The first-order chi connectivity index (χ1) is 14.1. The number of benzene rings is 1. The van der Waals surface area contributed by atoms with Gasteiger partial charge in [-0.2, -0.15) is 18.3 Å². The molecule has 0 saturated carbocycles. The van der Waals surface area contributed by atoms with Gasteiger partial charge in [-0.1, -0.05) is 25.1 Å². The summed E-state index contributed by atoms with van der Waals surface area (Å²) in [5.74, 6) is 0.701. The van der Waals surface area contributed by atoms with Gasteiger partial charge in [-0.25, -0.2) is 0 Å². The molecule has 0 aliphatic heterocycles. The van der Waals surface area contributed by atoms with Crippen LogP contribution in [0.3, 0.4) is 0 Å². The number of aryl methyl sites for hydroxylation is 2. The molecular formula is C22H33F3IN5. The van der Waals surface area contributed by atoms with Crippen LogP contribution in [0.5, 0.6) is 0 Å². The summed E-state index contributed by atoms with van der Waals surface area (Å²) >= 11 is 0. The summed E-state index contributed by atoms with van der Waals surface area (Å²) in [5.41, 5.74) is 3.51. The van der Waals surface area contributed by atoms with Gasteiger partial charge in [0.25, 0.3) is 0 Å². The molecule has 174 valence electrons. The van der Waals surface area contributed by atoms with E-state index in [9.17, 15) is 13.2 Å². The normalized spacial score (nSPS) is 13.0. The Labute approximate surface area is 199 Å². The van der Waals surface area contributed by atoms with Crippen LogP contribution in [0.2, 0.25) is 0 Å². The fraction of sp³-hybridized carbons (Fsp3) is 0.545. The highest BCUT2D eigenvalue weighted by Crippen LogP contribution is 2.31. The predicted molar refractivity (Wildman–Crippen MR) is 130 cm³/mol. The van der Waals surface area contributed by atoms with Gasteiger partial charge in [0.2, 0.25) is 0 Å². The van der Waals surface area contributed by atoms with Crippen LogP contribution >= 0.6 is 24.0 Å². The molecule has 9 heteroatoms. The largest absolute Gasteiger partial charge is 0.416 e. The Kier molecular flexibility index (Phi) is 10.8. The topological polar surface area (TPSA) is 54.2 Å². The van der Waals surface area contributed by atoms with Gasteiger partial charge in [0.05, 0.1) is 11.3 Å². The van der Waals surface area contributed by atoms with Crippen LogP contribution in [0.25, 0.3) is 0 Å². The maximum absolute atomic E-state index is 12.9. The molecule has 0 fully saturated rings. The smallest absolute Gasteiger partial charge is 0.357 e. The van der Waals surface area contributed by atoms with E-state index in [2.05, 4.69) is 27.6 Å². The van der Waals surface area contributed by atoms with Crippen molar-refractivity contribution < 1.29 is 13.2 Å². The lowest BCUT2D eigenvalue weighted by Crippen LogP contribution is -2.38. The van der Waals surface area contributed by atoms with Crippen molar-refractivity contribution in [1.29, 1.82) is 0 Å². The molecule has 0 spiro atoms. The number of hydrogen-bond acceptors (Lipinski definition) is 2. The Morgan fingerprint density at radius 3 is 2.52 bits per heavy atom. The lowest BCUT2D eigenvalue weighted by Gasteiger charge is -2.15. The van der Waals surface area contributed by atoms with Crippen LogP contribution in [0.15, 0.2) is 29.3 Å². The van der Waals surface area contributed by atoms with Gasteiger partial charge >= 0.3 is 6.18 Å². The Morgan fingerprint density at radius 2 is 1.94 bits per heavy atom. The molecule has 2 N–H and O–H groups in total. The van der Waals surface area contributed by atoms with Crippen molar-refractivity contribution in [3.63, 3.8) is 0 Å². The highest BCUT2D eigenvalue weighted by Gasteiger charge is 2.30. The van der Waals surface area contributed by atoms with E-state index >= 15 is 0 Å². The van der Waals surface area contributed by atoms with Crippen molar-refractivity contribution in [1.82, 2.24) is 20.4 Å². The van der Waals surface area contributed by atoms with Crippen LogP contribution in [-0.4, -0.2) is 35.4 Å². The third-order valence-electron chi connectivity index (χ3n) is 5.29. The molecule has 2 aromatic rings. The summed E-state index contributed by atoms with van der Waals surface area (Å²) in [6.07, 6.45) is -2.81. The number of rotatable bonds is 8. The highest BCUT2D eigenvalue weighted by molar-refractivity contribution is 14.0. The molecule has 1 atom stereocenters. The zero-order valence-corrected chi connectivity index (χ0v) is 21.1. The minimum Gasteiger partial charge on any atom is -0.357 e. The molecule has 2 rings (SSSR count). The predicted octanol–water partition coefficient (Wildman–Crippen LogP) is 4.97. The second-order valence-corrected chi connectivity index (χ2v) is 7.52. The number of aromatic nitrogens is 2. The molecule has 5 nitrogen and oxygen atoms in total. The second kappa shape index (κ2) is 12.3. The van der Waals surface area contributed by atoms with Crippen LogP contribution in [0.4, 0.5) is 13.2 Å². The average Bonchev–Trinajstić information content (AvgIpc) is 2.93. The fourth-order valence-electron chi connectivity index (χ4n) is 3.39. The molecule has 0 amide bonds. The summed E-state index contributed by atoms with van der Waals surface area (Å²) < 4.78 is 40.7. The van der Waals surface area contributed by atoms with Gasteiger partial charge in [0.15, 0.2) is 5.96 Å². The van der Waals surface area contributed by atoms with Crippen molar-refractivity contribution in [3.05, 3.63) is 52.3 Å². The lowest BCUT2D eigenvalue weighted by atomic mass is 9.96.